The molecular formula is C20H22ClN5O3S. The summed E-state index contributed by atoms with van der Waals surface area (Å²) in [6.07, 6.45) is 1.29. The summed E-state index contributed by atoms with van der Waals surface area (Å²) in [5, 5.41) is 4.77. The predicted molar refractivity (Wildman–Crippen MR) is 118 cm³/mol. The van der Waals surface area contributed by atoms with Crippen LogP contribution in [-0.4, -0.2) is 22.6 Å². The molecule has 1 heterocycles. The summed E-state index contributed by atoms with van der Waals surface area (Å²) in [6, 6.07) is 6.39. The van der Waals surface area contributed by atoms with E-state index in [2.05, 4.69) is 35.2 Å². The van der Waals surface area contributed by atoms with Gasteiger partial charge in [-0.15, -0.1) is 0 Å². The molecule has 2 amide bonds. The zero-order chi connectivity index (χ0) is 22.1. The Bertz CT molecular complexity index is 1060. The molecule has 2 aromatic rings. The molecule has 8 nitrogen and oxygen atoms in total. The van der Waals surface area contributed by atoms with Crippen LogP contribution in [0.2, 0.25) is 5.02 Å². The van der Waals surface area contributed by atoms with Gasteiger partial charge in [0.15, 0.2) is 10.9 Å². The predicted octanol–water partition coefficient (Wildman–Crippen LogP) is 2.83. The van der Waals surface area contributed by atoms with Gasteiger partial charge in [-0.25, -0.2) is 0 Å². The average Bonchev–Trinajstić information content (AvgIpc) is 2.99. The summed E-state index contributed by atoms with van der Waals surface area (Å²) in [6.45, 7) is 5.93. The maximum atomic E-state index is 12.7. The molecule has 158 valence electrons. The lowest BCUT2D eigenvalue weighted by Gasteiger charge is -2.29. The molecule has 0 atom stereocenters. The molecule has 5 N–H and O–H groups in total. The van der Waals surface area contributed by atoms with Crippen molar-refractivity contribution in [2.24, 2.45) is 16.3 Å². The Labute approximate surface area is 184 Å². The van der Waals surface area contributed by atoms with Crippen molar-refractivity contribution in [3.63, 3.8) is 0 Å². The molecule has 0 saturated carbocycles. The molecule has 1 aliphatic rings. The first-order valence-electron chi connectivity index (χ1n) is 9.18. The zero-order valence-corrected chi connectivity index (χ0v) is 18.3. The molecule has 1 aromatic carbocycles. The molecular weight excluding hydrogens is 426 g/mol. The number of rotatable bonds is 3. The Morgan fingerprint density at radius 3 is 2.60 bits per heavy atom. The van der Waals surface area contributed by atoms with Crippen LogP contribution in [0.5, 0.6) is 0 Å². The summed E-state index contributed by atoms with van der Waals surface area (Å²) in [4.78, 5) is 24.9. The first-order chi connectivity index (χ1) is 14.1. The number of nitrogens with zero attached hydrogens (tertiary/aromatic N) is 1. The Hall–Kier alpha value is -2.91. The molecule has 10 heteroatoms. The minimum atomic E-state index is -0.572. The second-order valence-electron chi connectivity index (χ2n) is 7.83. The van der Waals surface area contributed by atoms with Crippen molar-refractivity contribution in [3.05, 3.63) is 57.5 Å². The molecule has 3 rings (SSSR count). The molecule has 0 bridgehead atoms. The highest BCUT2D eigenvalue weighted by atomic mass is 35.5. The number of carbonyl (C=O) groups is 2. The lowest BCUT2D eigenvalue weighted by atomic mass is 9.75. The van der Waals surface area contributed by atoms with Crippen molar-refractivity contribution < 1.29 is 14.0 Å². The number of hydrazine groups is 1. The van der Waals surface area contributed by atoms with Crippen molar-refractivity contribution in [1.29, 1.82) is 0 Å². The molecule has 0 unspecified atom stereocenters. The number of hydrogen-bond donors (Lipinski definition) is 4. The van der Waals surface area contributed by atoms with Crippen LogP contribution >= 0.6 is 23.8 Å². The number of furan rings is 1. The van der Waals surface area contributed by atoms with Crippen LogP contribution in [0.25, 0.3) is 0 Å². The molecule has 1 aromatic heterocycles. The highest BCUT2D eigenvalue weighted by Gasteiger charge is 2.36. The SMILES string of the molecule is Cc1c(C(=O)NNC(=O)c2cccc(Cl)c2)oc2c1/C(=N\NC(N)=S)CC(C)(C)C2. The van der Waals surface area contributed by atoms with Crippen molar-refractivity contribution in [2.75, 3.05) is 0 Å². The highest BCUT2D eigenvalue weighted by molar-refractivity contribution is 7.80. The van der Waals surface area contributed by atoms with E-state index in [1.807, 2.05) is 0 Å². The van der Waals surface area contributed by atoms with Gasteiger partial charge in [0.1, 0.15) is 5.76 Å². The number of fused-ring (bicyclic) bond motifs is 1. The standard InChI is InChI=1S/C20H22ClN5O3S/c1-10-15-13(23-26-19(22)30)8-20(2,3)9-14(15)29-16(10)18(28)25-24-17(27)11-5-4-6-12(21)7-11/h4-7H,8-9H2,1-3H3,(H,24,27)(H,25,28)(H3,22,26,30)/b23-13-. The molecule has 0 radical (unpaired) electrons. The van der Waals surface area contributed by atoms with E-state index in [0.29, 0.717) is 40.5 Å². The van der Waals surface area contributed by atoms with Crippen LogP contribution in [-0.2, 0) is 6.42 Å². The largest absolute Gasteiger partial charge is 0.455 e. The van der Waals surface area contributed by atoms with Crippen LogP contribution in [0.4, 0.5) is 0 Å². The molecule has 0 fully saturated rings. The van der Waals surface area contributed by atoms with Gasteiger partial charge in [-0.1, -0.05) is 31.5 Å². The van der Waals surface area contributed by atoms with Gasteiger partial charge in [-0.05, 0) is 49.2 Å². The van der Waals surface area contributed by atoms with E-state index in [4.69, 9.17) is 34.0 Å². The van der Waals surface area contributed by atoms with Gasteiger partial charge >= 0.3 is 5.91 Å². The van der Waals surface area contributed by atoms with Crippen LogP contribution in [0.15, 0.2) is 33.8 Å². The second-order valence-corrected chi connectivity index (χ2v) is 8.70. The Morgan fingerprint density at radius 1 is 1.23 bits per heavy atom. The van der Waals surface area contributed by atoms with E-state index >= 15 is 0 Å². The van der Waals surface area contributed by atoms with E-state index in [-0.39, 0.29) is 16.3 Å². The maximum absolute atomic E-state index is 12.7. The Balaban J connectivity index is 1.82. The van der Waals surface area contributed by atoms with Crippen LogP contribution < -0.4 is 22.0 Å². The van der Waals surface area contributed by atoms with Crippen LogP contribution in [0.1, 0.15) is 58.1 Å². The second kappa shape index (κ2) is 8.45. The normalized spacial score (nSPS) is 15.9. The zero-order valence-electron chi connectivity index (χ0n) is 16.8. The maximum Gasteiger partial charge on any atom is 0.305 e. The summed E-state index contributed by atoms with van der Waals surface area (Å²) < 4.78 is 5.87. The third-order valence-electron chi connectivity index (χ3n) is 4.68. The van der Waals surface area contributed by atoms with E-state index in [1.165, 1.54) is 6.07 Å². The average molecular weight is 448 g/mol. The van der Waals surface area contributed by atoms with Gasteiger partial charge in [-0.3, -0.25) is 25.9 Å². The summed E-state index contributed by atoms with van der Waals surface area (Å²) >= 11 is 10.7. The van der Waals surface area contributed by atoms with Gasteiger partial charge in [-0.2, -0.15) is 5.10 Å². The van der Waals surface area contributed by atoms with Crippen molar-refractivity contribution in [1.82, 2.24) is 16.3 Å². The van der Waals surface area contributed by atoms with E-state index in [9.17, 15) is 9.59 Å². The minimum absolute atomic E-state index is 0.0512. The molecule has 0 aliphatic heterocycles. The fraction of sp³-hybridized carbons (Fsp3) is 0.300. The minimum Gasteiger partial charge on any atom is -0.455 e. The summed E-state index contributed by atoms with van der Waals surface area (Å²) in [7, 11) is 0. The van der Waals surface area contributed by atoms with Crippen molar-refractivity contribution >= 4 is 46.5 Å². The smallest absolute Gasteiger partial charge is 0.305 e. The van der Waals surface area contributed by atoms with E-state index in [1.54, 1.807) is 25.1 Å². The number of thiocarbonyl (C=S) groups is 1. The van der Waals surface area contributed by atoms with Crippen LogP contribution in [0, 0.1) is 12.3 Å². The summed E-state index contributed by atoms with van der Waals surface area (Å²) in [5.41, 5.74) is 15.1. The molecule has 1 aliphatic carbocycles. The fourth-order valence-electron chi connectivity index (χ4n) is 3.42. The number of nitrogens with two attached hydrogens (primary N) is 1. The number of hydrogen-bond acceptors (Lipinski definition) is 5. The summed E-state index contributed by atoms with van der Waals surface area (Å²) in [5.74, 6) is -0.314. The van der Waals surface area contributed by atoms with E-state index < -0.39 is 11.8 Å². The molecule has 0 spiro atoms. The van der Waals surface area contributed by atoms with Crippen LogP contribution in [0.3, 0.4) is 0 Å². The third-order valence-corrected chi connectivity index (χ3v) is 5.00. The quantitative estimate of drug-likeness (QED) is 0.424. The van der Waals surface area contributed by atoms with Gasteiger partial charge in [0.2, 0.25) is 0 Å². The number of benzene rings is 1. The number of hydrazone groups is 1. The third kappa shape index (κ3) is 4.80. The molecule has 0 saturated heterocycles. The number of halogens is 1. The first kappa shape index (κ1) is 21.8. The number of carbonyl (C=O) groups excluding carboxylic acids is 2. The highest BCUT2D eigenvalue weighted by Crippen LogP contribution is 2.38. The monoisotopic (exact) mass is 447 g/mol. The van der Waals surface area contributed by atoms with E-state index in [0.717, 1.165) is 5.56 Å². The number of amides is 2. The van der Waals surface area contributed by atoms with Gasteiger partial charge in [0, 0.05) is 28.1 Å². The fourth-order valence-corrected chi connectivity index (χ4v) is 3.66. The first-order valence-corrected chi connectivity index (χ1v) is 9.97. The Morgan fingerprint density at radius 2 is 1.93 bits per heavy atom. The van der Waals surface area contributed by atoms with Gasteiger partial charge in [0.25, 0.3) is 5.91 Å². The lowest BCUT2D eigenvalue weighted by Crippen LogP contribution is -2.41. The van der Waals surface area contributed by atoms with Crippen molar-refractivity contribution in [2.45, 2.75) is 33.6 Å². The van der Waals surface area contributed by atoms with Crippen molar-refractivity contribution in [3.8, 4) is 0 Å². The van der Waals surface area contributed by atoms with Gasteiger partial charge in [0.05, 0.1) is 5.71 Å². The number of nitrogens with one attached hydrogen (secondary N) is 3. The lowest BCUT2D eigenvalue weighted by molar-refractivity contribution is 0.0828. The topological polar surface area (TPSA) is 122 Å². The molecule has 30 heavy (non-hydrogen) atoms. The van der Waals surface area contributed by atoms with Gasteiger partial charge < -0.3 is 10.2 Å². The Kier molecular flexibility index (Phi) is 6.14.